The molecule has 2 aromatic carbocycles. The number of rotatable bonds is 4. The number of aryl methyl sites for hydroxylation is 1. The molecule has 6 nitrogen and oxygen atoms in total. The highest BCUT2D eigenvalue weighted by atomic mass is 19.1. The third kappa shape index (κ3) is 3.23. The minimum atomic E-state index is -0.605. The van der Waals surface area contributed by atoms with Crippen molar-refractivity contribution >= 4 is 22.5 Å². The molecular formula is C19H17FN2O4. The van der Waals surface area contributed by atoms with Crippen LogP contribution >= 0.6 is 0 Å². The Kier molecular flexibility index (Phi) is 4.62. The fraction of sp³-hybridized carbons (Fsp3) is 0.158. The molecule has 134 valence electrons. The van der Waals surface area contributed by atoms with Gasteiger partial charge in [0.1, 0.15) is 22.9 Å². The number of carbonyl (C=O) groups excluding carboxylic acids is 1. The minimum Gasteiger partial charge on any atom is -0.497 e. The van der Waals surface area contributed by atoms with Crippen molar-refractivity contribution in [1.29, 1.82) is 0 Å². The number of nitrogens with zero attached hydrogens (tertiary/aromatic N) is 1. The van der Waals surface area contributed by atoms with Crippen LogP contribution in [0.1, 0.15) is 10.4 Å². The van der Waals surface area contributed by atoms with Crippen molar-refractivity contribution in [2.75, 3.05) is 19.5 Å². The summed E-state index contributed by atoms with van der Waals surface area (Å²) in [6.07, 6.45) is 1.43. The number of pyridine rings is 1. The van der Waals surface area contributed by atoms with Crippen LogP contribution in [0.15, 0.2) is 47.4 Å². The Morgan fingerprint density at radius 2 is 1.73 bits per heavy atom. The van der Waals surface area contributed by atoms with Crippen LogP contribution in [0.2, 0.25) is 0 Å². The first-order chi connectivity index (χ1) is 12.4. The van der Waals surface area contributed by atoms with Gasteiger partial charge in [-0.15, -0.1) is 0 Å². The van der Waals surface area contributed by atoms with Gasteiger partial charge in [-0.1, -0.05) is 0 Å². The van der Waals surface area contributed by atoms with Gasteiger partial charge in [0.25, 0.3) is 5.91 Å². The molecule has 0 bridgehead atoms. The number of hydrogen-bond donors (Lipinski definition) is 1. The van der Waals surface area contributed by atoms with E-state index in [9.17, 15) is 14.0 Å². The van der Waals surface area contributed by atoms with Gasteiger partial charge in [-0.3, -0.25) is 9.59 Å². The Balaban J connectivity index is 2.03. The highest BCUT2D eigenvalue weighted by Gasteiger charge is 2.16. The quantitative estimate of drug-likeness (QED) is 0.780. The first kappa shape index (κ1) is 17.5. The normalized spacial score (nSPS) is 10.6. The molecule has 3 aromatic rings. The molecular weight excluding hydrogens is 339 g/mol. The topological polar surface area (TPSA) is 69.6 Å². The van der Waals surface area contributed by atoms with E-state index in [2.05, 4.69) is 5.32 Å². The van der Waals surface area contributed by atoms with E-state index in [1.807, 2.05) is 0 Å². The van der Waals surface area contributed by atoms with E-state index >= 15 is 0 Å². The first-order valence-electron chi connectivity index (χ1n) is 7.76. The number of nitrogens with one attached hydrogen (secondary N) is 1. The number of hydrogen-bond acceptors (Lipinski definition) is 4. The van der Waals surface area contributed by atoms with Crippen LogP contribution in [0.3, 0.4) is 0 Å². The largest absolute Gasteiger partial charge is 0.497 e. The second kappa shape index (κ2) is 6.87. The van der Waals surface area contributed by atoms with Crippen LogP contribution in [0.25, 0.3) is 10.9 Å². The van der Waals surface area contributed by atoms with Gasteiger partial charge in [0.15, 0.2) is 0 Å². The molecule has 0 aliphatic carbocycles. The lowest BCUT2D eigenvalue weighted by Crippen LogP contribution is -2.23. The van der Waals surface area contributed by atoms with Gasteiger partial charge in [0.05, 0.1) is 19.7 Å². The molecule has 1 N–H and O–H groups in total. The minimum absolute atomic E-state index is 0.0904. The highest BCUT2D eigenvalue weighted by molar-refractivity contribution is 6.05. The Morgan fingerprint density at radius 1 is 1.08 bits per heavy atom. The van der Waals surface area contributed by atoms with Gasteiger partial charge in [0.2, 0.25) is 5.43 Å². The molecule has 0 atom stereocenters. The zero-order valence-electron chi connectivity index (χ0n) is 14.5. The molecule has 1 amide bonds. The van der Waals surface area contributed by atoms with Crippen molar-refractivity contribution in [2.24, 2.45) is 7.05 Å². The summed E-state index contributed by atoms with van der Waals surface area (Å²) in [5.74, 6) is -0.155. The summed E-state index contributed by atoms with van der Waals surface area (Å²) in [6.45, 7) is 0. The summed E-state index contributed by atoms with van der Waals surface area (Å²) < 4.78 is 25.4. The molecule has 0 fully saturated rings. The smallest absolute Gasteiger partial charge is 0.261 e. The standard InChI is InChI=1S/C19H17FN2O4/c1-22-10-16(18(23)15-6-11(20)4-5-17(15)22)19(24)21-12-7-13(25-2)9-14(8-12)26-3/h4-10H,1-3H3,(H,21,24). The third-order valence-electron chi connectivity index (χ3n) is 4.00. The van der Waals surface area contributed by atoms with Gasteiger partial charge >= 0.3 is 0 Å². The highest BCUT2D eigenvalue weighted by Crippen LogP contribution is 2.26. The predicted octanol–water partition coefficient (Wildman–Crippen LogP) is 2.95. The van der Waals surface area contributed by atoms with E-state index in [1.165, 1.54) is 32.5 Å². The Bertz CT molecular complexity index is 1040. The van der Waals surface area contributed by atoms with Crippen molar-refractivity contribution in [1.82, 2.24) is 4.57 Å². The second-order valence-corrected chi connectivity index (χ2v) is 5.70. The zero-order valence-corrected chi connectivity index (χ0v) is 14.5. The van der Waals surface area contributed by atoms with E-state index in [-0.39, 0.29) is 10.9 Å². The van der Waals surface area contributed by atoms with Gasteiger partial charge in [0, 0.05) is 42.5 Å². The van der Waals surface area contributed by atoms with Crippen molar-refractivity contribution in [2.45, 2.75) is 0 Å². The number of ether oxygens (including phenoxy) is 2. The number of amides is 1. The average Bonchev–Trinajstić information content (AvgIpc) is 2.63. The molecule has 0 saturated heterocycles. The fourth-order valence-corrected chi connectivity index (χ4v) is 2.70. The van der Waals surface area contributed by atoms with Gasteiger partial charge in [-0.2, -0.15) is 0 Å². The summed E-state index contributed by atoms with van der Waals surface area (Å²) in [6, 6.07) is 8.76. The number of carbonyl (C=O) groups is 1. The van der Waals surface area contributed by atoms with Gasteiger partial charge in [-0.05, 0) is 18.2 Å². The lowest BCUT2D eigenvalue weighted by Gasteiger charge is -2.11. The van der Waals surface area contributed by atoms with Crippen LogP contribution < -0.4 is 20.2 Å². The number of aromatic nitrogens is 1. The monoisotopic (exact) mass is 356 g/mol. The van der Waals surface area contributed by atoms with Crippen LogP contribution in [-0.4, -0.2) is 24.7 Å². The SMILES string of the molecule is COc1cc(NC(=O)c2cn(C)c3ccc(F)cc3c2=O)cc(OC)c1. The Morgan fingerprint density at radius 3 is 2.35 bits per heavy atom. The van der Waals surface area contributed by atoms with Crippen molar-refractivity contribution in [3.8, 4) is 11.5 Å². The molecule has 0 radical (unpaired) electrons. The fourth-order valence-electron chi connectivity index (χ4n) is 2.70. The average molecular weight is 356 g/mol. The van der Waals surface area contributed by atoms with E-state index in [4.69, 9.17) is 9.47 Å². The van der Waals surface area contributed by atoms with E-state index < -0.39 is 17.2 Å². The van der Waals surface area contributed by atoms with Crippen molar-refractivity contribution in [3.63, 3.8) is 0 Å². The summed E-state index contributed by atoms with van der Waals surface area (Å²) >= 11 is 0. The lowest BCUT2D eigenvalue weighted by atomic mass is 10.1. The number of halogens is 1. The maximum absolute atomic E-state index is 13.5. The number of fused-ring (bicyclic) bond motifs is 1. The molecule has 0 aliphatic rings. The number of benzene rings is 2. The lowest BCUT2D eigenvalue weighted by molar-refractivity contribution is 0.102. The molecule has 0 unspecified atom stereocenters. The molecule has 0 spiro atoms. The molecule has 1 heterocycles. The van der Waals surface area contributed by atoms with E-state index in [0.717, 1.165) is 6.07 Å². The number of anilines is 1. The van der Waals surface area contributed by atoms with Crippen molar-refractivity contribution < 1.29 is 18.7 Å². The van der Waals surface area contributed by atoms with E-state index in [1.54, 1.807) is 29.8 Å². The summed E-state index contributed by atoms with van der Waals surface area (Å²) in [7, 11) is 4.67. The molecule has 7 heteroatoms. The maximum Gasteiger partial charge on any atom is 0.261 e. The number of methoxy groups -OCH3 is 2. The summed E-state index contributed by atoms with van der Waals surface area (Å²) in [5, 5.41) is 2.79. The maximum atomic E-state index is 13.5. The first-order valence-corrected chi connectivity index (χ1v) is 7.76. The van der Waals surface area contributed by atoms with Crippen LogP contribution in [0, 0.1) is 5.82 Å². The Hall–Kier alpha value is -3.35. The van der Waals surface area contributed by atoms with E-state index in [0.29, 0.717) is 22.7 Å². The molecule has 3 rings (SSSR count). The van der Waals surface area contributed by atoms with Crippen LogP contribution in [0.4, 0.5) is 10.1 Å². The molecule has 1 aromatic heterocycles. The molecule has 26 heavy (non-hydrogen) atoms. The molecule has 0 saturated carbocycles. The third-order valence-corrected chi connectivity index (χ3v) is 4.00. The summed E-state index contributed by atoms with van der Waals surface area (Å²) in [5.41, 5.74) is 0.320. The van der Waals surface area contributed by atoms with Crippen molar-refractivity contribution in [3.05, 3.63) is 64.2 Å². The Labute approximate surface area is 148 Å². The molecule has 0 aliphatic heterocycles. The zero-order chi connectivity index (χ0) is 18.8. The van der Waals surface area contributed by atoms with Crippen LogP contribution in [-0.2, 0) is 7.05 Å². The van der Waals surface area contributed by atoms with Gasteiger partial charge < -0.3 is 19.4 Å². The summed E-state index contributed by atoms with van der Waals surface area (Å²) in [4.78, 5) is 25.2. The van der Waals surface area contributed by atoms with Gasteiger partial charge in [-0.25, -0.2) is 4.39 Å². The predicted molar refractivity (Wildman–Crippen MR) is 96.6 cm³/mol. The second-order valence-electron chi connectivity index (χ2n) is 5.70. The van der Waals surface area contributed by atoms with Crippen LogP contribution in [0.5, 0.6) is 11.5 Å².